The summed E-state index contributed by atoms with van der Waals surface area (Å²) in [5, 5.41) is 11.3. The lowest BCUT2D eigenvalue weighted by molar-refractivity contribution is -0.957. The number of carbonyl (C=O) groups is 3. The molecule has 1 amide bonds. The van der Waals surface area contributed by atoms with Crippen LogP contribution < -0.4 is 10.4 Å². The molecule has 1 aromatic carbocycles. The highest BCUT2D eigenvalue weighted by Crippen LogP contribution is 2.33. The monoisotopic (exact) mass is 460 g/mol. The molecule has 1 unspecified atom stereocenters. The number of carboxylic acids is 1. The third-order valence-electron chi connectivity index (χ3n) is 5.65. The second-order valence-corrected chi connectivity index (χ2v) is 8.05. The molecule has 3 aliphatic heterocycles. The number of hydrogen-bond acceptors (Lipinski definition) is 6. The van der Waals surface area contributed by atoms with Gasteiger partial charge in [-0.3, -0.25) is 4.48 Å². The number of quaternary nitrogens is 1. The zero-order valence-electron chi connectivity index (χ0n) is 17.7. The van der Waals surface area contributed by atoms with Gasteiger partial charge in [-0.15, -0.1) is 0 Å². The van der Waals surface area contributed by atoms with Gasteiger partial charge in [0.25, 0.3) is 0 Å². The minimum atomic E-state index is -5.19. The summed E-state index contributed by atoms with van der Waals surface area (Å²) >= 11 is 0. The fourth-order valence-electron chi connectivity index (χ4n) is 3.66. The van der Waals surface area contributed by atoms with E-state index in [4.69, 9.17) is 19.4 Å². The van der Waals surface area contributed by atoms with Crippen LogP contribution in [0.5, 0.6) is 0 Å². The van der Waals surface area contributed by atoms with Crippen molar-refractivity contribution >= 4 is 18.0 Å². The minimum absolute atomic E-state index is 0.176. The van der Waals surface area contributed by atoms with Crippen molar-refractivity contribution in [1.82, 2.24) is 5.32 Å². The van der Waals surface area contributed by atoms with Gasteiger partial charge in [0.05, 0.1) is 19.6 Å². The molecule has 3 heterocycles. The van der Waals surface area contributed by atoms with Crippen molar-refractivity contribution in [2.45, 2.75) is 45.0 Å². The SMILES string of the molecule is CC(NC(=O)OCc1ccccc1)C(=O)OC[N+]12CCC(CC1)CC2.O=C([O-])C(F)(F)F. The number of nitrogens with one attached hydrogen (secondary N) is 1. The summed E-state index contributed by atoms with van der Waals surface area (Å²) in [4.78, 5) is 32.8. The first-order valence-corrected chi connectivity index (χ1v) is 10.3. The zero-order valence-corrected chi connectivity index (χ0v) is 17.7. The van der Waals surface area contributed by atoms with E-state index in [0.717, 1.165) is 35.6 Å². The lowest BCUT2D eigenvalue weighted by Crippen LogP contribution is -2.59. The fraction of sp³-hybridized carbons (Fsp3) is 0.571. The molecule has 3 saturated heterocycles. The Morgan fingerprint density at radius 2 is 1.62 bits per heavy atom. The number of amides is 1. The molecule has 4 rings (SSSR count). The van der Waals surface area contributed by atoms with Gasteiger partial charge in [-0.05, 0) is 37.7 Å². The Labute approximate surface area is 183 Å². The highest BCUT2D eigenvalue weighted by atomic mass is 19.4. The number of carbonyl (C=O) groups excluding carboxylic acids is 3. The van der Waals surface area contributed by atoms with Gasteiger partial charge in [-0.25, -0.2) is 9.59 Å². The maximum atomic E-state index is 12.2. The zero-order chi connectivity index (χ0) is 23.8. The molecule has 1 aromatic rings. The highest BCUT2D eigenvalue weighted by molar-refractivity contribution is 5.80. The molecule has 178 valence electrons. The number of piperidine rings is 3. The third-order valence-corrected chi connectivity index (χ3v) is 5.65. The van der Waals surface area contributed by atoms with Crippen LogP contribution in [0.15, 0.2) is 30.3 Å². The maximum absolute atomic E-state index is 12.2. The van der Waals surface area contributed by atoms with Crippen molar-refractivity contribution in [1.29, 1.82) is 0 Å². The topological polar surface area (TPSA) is 105 Å². The summed E-state index contributed by atoms with van der Waals surface area (Å²) in [6.07, 6.45) is -2.11. The molecule has 2 bridgehead atoms. The van der Waals surface area contributed by atoms with Crippen molar-refractivity contribution in [2.75, 3.05) is 26.4 Å². The van der Waals surface area contributed by atoms with Crippen LogP contribution >= 0.6 is 0 Å². The quantitative estimate of drug-likeness (QED) is 0.512. The molecule has 1 N–H and O–H groups in total. The Bertz CT molecular complexity index is 766. The van der Waals surface area contributed by atoms with E-state index >= 15 is 0 Å². The van der Waals surface area contributed by atoms with Crippen molar-refractivity contribution < 1.29 is 46.6 Å². The number of rotatable bonds is 6. The average molecular weight is 460 g/mol. The predicted octanol–water partition coefficient (Wildman–Crippen LogP) is 1.73. The summed E-state index contributed by atoms with van der Waals surface area (Å²) in [6.45, 7) is 5.50. The van der Waals surface area contributed by atoms with Gasteiger partial charge in [0, 0.05) is 0 Å². The fourth-order valence-corrected chi connectivity index (χ4v) is 3.66. The first-order chi connectivity index (χ1) is 15.0. The third kappa shape index (κ3) is 8.03. The molecule has 0 radical (unpaired) electrons. The number of alkyl carbamates (subject to hydrolysis) is 1. The number of esters is 1. The Kier molecular flexibility index (Phi) is 8.88. The average Bonchev–Trinajstić information content (AvgIpc) is 2.78. The maximum Gasteiger partial charge on any atom is 0.430 e. The minimum Gasteiger partial charge on any atom is -0.542 e. The summed E-state index contributed by atoms with van der Waals surface area (Å²) < 4.78 is 43.0. The number of hydrogen-bond donors (Lipinski definition) is 1. The van der Waals surface area contributed by atoms with E-state index in [-0.39, 0.29) is 6.61 Å². The van der Waals surface area contributed by atoms with Crippen LogP contribution in [0.3, 0.4) is 0 Å². The number of fused-ring (bicyclic) bond motifs is 3. The summed E-state index contributed by atoms with van der Waals surface area (Å²) in [5.74, 6) is -2.54. The van der Waals surface area contributed by atoms with Crippen LogP contribution in [0.2, 0.25) is 0 Å². The molecule has 0 aromatic heterocycles. The largest absolute Gasteiger partial charge is 0.542 e. The number of nitrogens with zero attached hydrogens (tertiary/aromatic N) is 1. The number of carboxylic acid groups (broad SMARTS) is 1. The van der Waals surface area contributed by atoms with Gasteiger partial charge in [0.1, 0.15) is 18.6 Å². The van der Waals surface area contributed by atoms with Crippen LogP contribution in [-0.2, 0) is 25.7 Å². The normalized spacial score (nSPS) is 22.7. The van der Waals surface area contributed by atoms with Gasteiger partial charge >= 0.3 is 18.2 Å². The summed E-state index contributed by atoms with van der Waals surface area (Å²) in [6, 6.07) is 8.70. The Balaban J connectivity index is 0.000000451. The molecule has 3 aliphatic rings. The van der Waals surface area contributed by atoms with E-state index in [1.54, 1.807) is 6.92 Å². The van der Waals surface area contributed by atoms with E-state index in [2.05, 4.69) is 5.32 Å². The molecule has 3 fully saturated rings. The second kappa shape index (κ2) is 11.2. The molecule has 8 nitrogen and oxygen atoms in total. The molecule has 1 atom stereocenters. The van der Waals surface area contributed by atoms with Gasteiger partial charge in [0.2, 0.25) is 6.73 Å². The highest BCUT2D eigenvalue weighted by Gasteiger charge is 2.40. The number of halogens is 3. The Morgan fingerprint density at radius 1 is 1.09 bits per heavy atom. The van der Waals surface area contributed by atoms with Crippen molar-refractivity contribution in [3.63, 3.8) is 0 Å². The molecular weight excluding hydrogens is 433 g/mol. The van der Waals surface area contributed by atoms with E-state index in [0.29, 0.717) is 6.73 Å². The number of benzene rings is 1. The van der Waals surface area contributed by atoms with Crippen LogP contribution in [0, 0.1) is 5.92 Å². The lowest BCUT2D eigenvalue weighted by atomic mass is 9.86. The standard InChI is InChI=1S/C19H26N2O4.C2HF3O2/c1-15(20-19(23)24-13-17-5-3-2-4-6-17)18(22)25-14-21-10-7-16(8-11-21)9-12-21;3-2(4,5)1(6)7/h2-6,15-16H,7-14H2,1H3;(H,6,7). The summed E-state index contributed by atoms with van der Waals surface area (Å²) in [5.41, 5.74) is 0.900. The van der Waals surface area contributed by atoms with Gasteiger partial charge in [-0.2, -0.15) is 13.2 Å². The van der Waals surface area contributed by atoms with E-state index in [1.165, 1.54) is 19.3 Å². The first-order valence-electron chi connectivity index (χ1n) is 10.3. The number of alkyl halides is 3. The second-order valence-electron chi connectivity index (χ2n) is 8.05. The van der Waals surface area contributed by atoms with Crippen LogP contribution in [0.4, 0.5) is 18.0 Å². The summed E-state index contributed by atoms with van der Waals surface area (Å²) in [7, 11) is 0. The van der Waals surface area contributed by atoms with Crippen molar-refractivity contribution in [2.24, 2.45) is 5.92 Å². The van der Waals surface area contributed by atoms with Crippen LogP contribution in [0.1, 0.15) is 31.7 Å². The van der Waals surface area contributed by atoms with Gasteiger partial charge < -0.3 is 24.7 Å². The van der Waals surface area contributed by atoms with Crippen LogP contribution in [-0.4, -0.2) is 61.1 Å². The number of ether oxygens (including phenoxy) is 2. The van der Waals surface area contributed by atoms with E-state index in [1.807, 2.05) is 30.3 Å². The molecular formula is C21H27F3N2O6. The van der Waals surface area contributed by atoms with Crippen LogP contribution in [0.25, 0.3) is 0 Å². The Hall–Kier alpha value is -2.82. The molecule has 11 heteroatoms. The van der Waals surface area contributed by atoms with Gasteiger partial charge in [-0.1, -0.05) is 30.3 Å². The van der Waals surface area contributed by atoms with E-state index in [9.17, 15) is 22.8 Å². The lowest BCUT2D eigenvalue weighted by Gasteiger charge is -2.48. The molecule has 0 aliphatic carbocycles. The van der Waals surface area contributed by atoms with Crippen molar-refractivity contribution in [3.8, 4) is 0 Å². The van der Waals surface area contributed by atoms with Gasteiger partial charge in [0.15, 0.2) is 0 Å². The van der Waals surface area contributed by atoms with E-state index < -0.39 is 30.2 Å². The molecule has 0 spiro atoms. The number of aliphatic carboxylic acids is 1. The first kappa shape index (κ1) is 25.4. The smallest absolute Gasteiger partial charge is 0.430 e. The van der Waals surface area contributed by atoms with Crippen molar-refractivity contribution in [3.05, 3.63) is 35.9 Å². The molecule has 32 heavy (non-hydrogen) atoms. The molecule has 0 saturated carbocycles. The Morgan fingerprint density at radius 3 is 2.12 bits per heavy atom. The predicted molar refractivity (Wildman–Crippen MR) is 103 cm³/mol.